The molecule has 0 atom stereocenters. The highest BCUT2D eigenvalue weighted by Crippen LogP contribution is 2.04. The first-order valence-electron chi connectivity index (χ1n) is 4.51. The molecule has 15 heavy (non-hydrogen) atoms. The Morgan fingerprint density at radius 3 is 3.07 bits per heavy atom. The number of anilines is 1. The lowest BCUT2D eigenvalue weighted by molar-refractivity contribution is 0.229. The number of nitrogens with zero attached hydrogens (tertiary/aromatic N) is 3. The Morgan fingerprint density at radius 1 is 1.47 bits per heavy atom. The largest absolute Gasteiger partial charge is 0.328 e. The van der Waals surface area contributed by atoms with Crippen molar-refractivity contribution in [3.63, 3.8) is 0 Å². The summed E-state index contributed by atoms with van der Waals surface area (Å²) in [5.41, 5.74) is 0. The number of pyridine rings is 1. The van der Waals surface area contributed by atoms with Gasteiger partial charge in [0.2, 0.25) is 0 Å². The van der Waals surface area contributed by atoms with Crippen molar-refractivity contribution in [3.05, 3.63) is 36.7 Å². The summed E-state index contributed by atoms with van der Waals surface area (Å²) in [4.78, 5) is 21.0. The Hall–Kier alpha value is -2.17. The summed E-state index contributed by atoms with van der Waals surface area (Å²) in [6, 6.07) is 5.10. The third kappa shape index (κ3) is 2.40. The van der Waals surface area contributed by atoms with Crippen molar-refractivity contribution < 1.29 is 4.79 Å². The zero-order valence-electron chi connectivity index (χ0n) is 8.00. The Bertz CT molecular complexity index is 399. The Kier molecular flexibility index (Phi) is 2.73. The first-order chi connectivity index (χ1) is 7.36. The van der Waals surface area contributed by atoms with Crippen LogP contribution in [0.4, 0.5) is 10.6 Å². The zero-order chi connectivity index (χ0) is 10.5. The molecule has 0 aliphatic carbocycles. The minimum absolute atomic E-state index is 0.234. The van der Waals surface area contributed by atoms with Crippen LogP contribution in [0.15, 0.2) is 41.7 Å². The second kappa shape index (κ2) is 4.36. The summed E-state index contributed by atoms with van der Waals surface area (Å²) < 4.78 is 0. The van der Waals surface area contributed by atoms with Gasteiger partial charge in [0.15, 0.2) is 0 Å². The number of amides is 2. The molecule has 1 aromatic rings. The minimum atomic E-state index is -0.234. The minimum Gasteiger partial charge on any atom is -0.292 e. The molecule has 76 valence electrons. The van der Waals surface area contributed by atoms with Gasteiger partial charge in [-0.2, -0.15) is 0 Å². The van der Waals surface area contributed by atoms with Crippen LogP contribution in [-0.4, -0.2) is 28.8 Å². The van der Waals surface area contributed by atoms with E-state index in [0.717, 1.165) is 0 Å². The monoisotopic (exact) mass is 202 g/mol. The third-order valence-corrected chi connectivity index (χ3v) is 1.85. The lowest BCUT2D eigenvalue weighted by atomic mass is 10.4. The number of urea groups is 1. The van der Waals surface area contributed by atoms with Gasteiger partial charge in [-0.25, -0.2) is 9.78 Å². The number of carbonyl (C=O) groups excluding carboxylic acids is 1. The van der Waals surface area contributed by atoms with Gasteiger partial charge in [-0.1, -0.05) is 6.07 Å². The van der Waals surface area contributed by atoms with Crippen LogP contribution < -0.4 is 5.32 Å². The van der Waals surface area contributed by atoms with Gasteiger partial charge >= 0.3 is 6.03 Å². The van der Waals surface area contributed by atoms with E-state index in [1.54, 1.807) is 36.8 Å². The molecule has 5 nitrogen and oxygen atoms in total. The maximum absolute atomic E-state index is 11.6. The molecular weight excluding hydrogens is 192 g/mol. The van der Waals surface area contributed by atoms with E-state index < -0.39 is 0 Å². The summed E-state index contributed by atoms with van der Waals surface area (Å²) in [6.07, 6.45) is 6.66. The van der Waals surface area contributed by atoms with Gasteiger partial charge in [0.25, 0.3) is 0 Å². The highest BCUT2D eigenvalue weighted by molar-refractivity contribution is 5.90. The fraction of sp³-hybridized carbons (Fsp3) is 0.100. The van der Waals surface area contributed by atoms with Gasteiger partial charge in [-0.15, -0.1) is 0 Å². The average molecular weight is 202 g/mol. The lowest BCUT2D eigenvalue weighted by Gasteiger charge is -2.17. The van der Waals surface area contributed by atoms with Crippen molar-refractivity contribution in [2.45, 2.75) is 0 Å². The molecule has 2 rings (SSSR count). The molecule has 1 aliphatic rings. The number of carbonyl (C=O) groups is 1. The zero-order valence-corrected chi connectivity index (χ0v) is 8.00. The molecule has 1 aromatic heterocycles. The summed E-state index contributed by atoms with van der Waals surface area (Å²) in [7, 11) is 0. The van der Waals surface area contributed by atoms with E-state index in [1.165, 1.54) is 4.90 Å². The molecule has 0 spiro atoms. The number of rotatable bonds is 1. The van der Waals surface area contributed by atoms with Crippen LogP contribution in [0.1, 0.15) is 0 Å². The molecule has 2 heterocycles. The van der Waals surface area contributed by atoms with Crippen LogP contribution in [0.5, 0.6) is 0 Å². The molecule has 0 saturated carbocycles. The van der Waals surface area contributed by atoms with Crippen LogP contribution >= 0.6 is 0 Å². The van der Waals surface area contributed by atoms with Gasteiger partial charge in [0.1, 0.15) is 12.5 Å². The van der Waals surface area contributed by atoms with Crippen LogP contribution in [0.25, 0.3) is 0 Å². The average Bonchev–Trinajstić information content (AvgIpc) is 2.31. The Labute approximate surface area is 87.1 Å². The predicted octanol–water partition coefficient (Wildman–Crippen LogP) is 1.47. The summed E-state index contributed by atoms with van der Waals surface area (Å²) >= 11 is 0. The van der Waals surface area contributed by atoms with Crippen molar-refractivity contribution >= 4 is 18.1 Å². The molecule has 0 aromatic carbocycles. The van der Waals surface area contributed by atoms with E-state index in [0.29, 0.717) is 12.5 Å². The number of hydrogen-bond donors (Lipinski definition) is 1. The van der Waals surface area contributed by atoms with E-state index in [2.05, 4.69) is 15.3 Å². The maximum Gasteiger partial charge on any atom is 0.328 e. The van der Waals surface area contributed by atoms with Crippen molar-refractivity contribution in [1.29, 1.82) is 0 Å². The normalized spacial score (nSPS) is 14.0. The van der Waals surface area contributed by atoms with E-state index in [9.17, 15) is 4.79 Å². The van der Waals surface area contributed by atoms with Crippen LogP contribution in [0, 0.1) is 0 Å². The van der Waals surface area contributed by atoms with E-state index in [-0.39, 0.29) is 6.03 Å². The van der Waals surface area contributed by atoms with Gasteiger partial charge in [0, 0.05) is 18.6 Å². The van der Waals surface area contributed by atoms with Crippen LogP contribution in [-0.2, 0) is 0 Å². The van der Waals surface area contributed by atoms with Crippen LogP contribution in [0.2, 0.25) is 0 Å². The highest BCUT2D eigenvalue weighted by Gasteiger charge is 2.11. The number of aromatic nitrogens is 1. The lowest BCUT2D eigenvalue weighted by Crippen LogP contribution is -2.32. The van der Waals surface area contributed by atoms with E-state index in [4.69, 9.17) is 0 Å². The first kappa shape index (κ1) is 9.39. The number of allylic oxidation sites excluding steroid dienone is 1. The second-order valence-corrected chi connectivity index (χ2v) is 2.93. The molecular formula is C10H10N4O. The fourth-order valence-corrected chi connectivity index (χ4v) is 1.14. The van der Waals surface area contributed by atoms with Gasteiger partial charge < -0.3 is 0 Å². The van der Waals surface area contributed by atoms with Crippen molar-refractivity contribution in [1.82, 2.24) is 9.88 Å². The fourth-order valence-electron chi connectivity index (χ4n) is 1.14. The topological polar surface area (TPSA) is 57.6 Å². The molecule has 1 aliphatic heterocycles. The maximum atomic E-state index is 11.6. The van der Waals surface area contributed by atoms with Crippen molar-refractivity contribution in [3.8, 4) is 0 Å². The smallest absolute Gasteiger partial charge is 0.292 e. The molecule has 0 unspecified atom stereocenters. The van der Waals surface area contributed by atoms with Crippen LogP contribution in [0.3, 0.4) is 0 Å². The molecule has 2 amide bonds. The quantitative estimate of drug-likeness (QED) is 0.749. The molecule has 0 saturated heterocycles. The highest BCUT2D eigenvalue weighted by atomic mass is 16.2. The van der Waals surface area contributed by atoms with E-state index in [1.807, 2.05) is 6.07 Å². The summed E-state index contributed by atoms with van der Waals surface area (Å²) in [5, 5.41) is 2.66. The van der Waals surface area contributed by atoms with Gasteiger partial charge in [0.05, 0.1) is 0 Å². The number of hydrogen-bond acceptors (Lipinski definition) is 3. The molecule has 0 radical (unpaired) electrons. The summed E-state index contributed by atoms with van der Waals surface area (Å²) in [6.45, 7) is 0.342. The van der Waals surface area contributed by atoms with E-state index >= 15 is 0 Å². The first-order valence-corrected chi connectivity index (χ1v) is 4.51. The Morgan fingerprint density at radius 2 is 2.40 bits per heavy atom. The van der Waals surface area contributed by atoms with Crippen molar-refractivity contribution in [2.24, 2.45) is 4.99 Å². The van der Waals surface area contributed by atoms with Crippen molar-refractivity contribution in [2.75, 3.05) is 12.0 Å². The molecule has 0 fully saturated rings. The van der Waals surface area contributed by atoms with Gasteiger partial charge in [-0.3, -0.25) is 15.2 Å². The second-order valence-electron chi connectivity index (χ2n) is 2.93. The molecule has 5 heteroatoms. The third-order valence-electron chi connectivity index (χ3n) is 1.85. The van der Waals surface area contributed by atoms with Gasteiger partial charge in [-0.05, 0) is 18.2 Å². The summed E-state index contributed by atoms with van der Waals surface area (Å²) in [5.74, 6) is 0.533. The Balaban J connectivity index is 1.98. The number of nitrogens with one attached hydrogen (secondary N) is 1. The standard InChI is InChI=1S/C10H10N4O/c15-10(14-7-3-5-11-8-14)13-9-4-1-2-6-12-9/h1-7H,8H2,(H,12,13,15). The number of aliphatic imine (C=N–C) groups is 1. The molecule has 0 bridgehead atoms. The SMILES string of the molecule is O=C(Nc1ccccn1)N1C=CC=NC1. The predicted molar refractivity (Wildman–Crippen MR) is 57.6 cm³/mol. The molecule has 1 N–H and O–H groups in total.